The molecule has 2 aromatic carbocycles. The highest BCUT2D eigenvalue weighted by atomic mass is 16.5. The molecule has 1 fully saturated rings. The average Bonchev–Trinajstić information content (AvgIpc) is 3.36. The zero-order valence-corrected chi connectivity index (χ0v) is 19.0. The molecule has 0 spiro atoms. The van der Waals surface area contributed by atoms with E-state index < -0.39 is 17.5 Å². The molecule has 0 bridgehead atoms. The molecule has 0 saturated carbocycles. The molecule has 7 heteroatoms. The highest BCUT2D eigenvalue weighted by molar-refractivity contribution is 5.81. The van der Waals surface area contributed by atoms with E-state index in [0.29, 0.717) is 19.5 Å². The number of aliphatic carboxylic acids is 1. The van der Waals surface area contributed by atoms with E-state index in [2.05, 4.69) is 29.6 Å². The maximum atomic E-state index is 12.5. The number of benzene rings is 2. The zero-order valence-electron chi connectivity index (χ0n) is 19.0. The van der Waals surface area contributed by atoms with Gasteiger partial charge in [0.25, 0.3) is 0 Å². The van der Waals surface area contributed by atoms with E-state index in [1.54, 1.807) is 11.8 Å². The number of rotatable bonds is 7. The molecule has 1 heterocycles. The molecule has 33 heavy (non-hydrogen) atoms. The van der Waals surface area contributed by atoms with E-state index in [9.17, 15) is 19.5 Å². The molecule has 2 unspecified atom stereocenters. The Morgan fingerprint density at radius 1 is 1.12 bits per heavy atom. The topological polar surface area (TPSA) is 95.9 Å². The Bertz CT molecular complexity index is 1020. The van der Waals surface area contributed by atoms with Crippen molar-refractivity contribution in [3.63, 3.8) is 0 Å². The molecule has 1 aliphatic carbocycles. The van der Waals surface area contributed by atoms with Crippen molar-refractivity contribution < 1.29 is 24.2 Å². The van der Waals surface area contributed by atoms with Gasteiger partial charge in [-0.25, -0.2) is 4.79 Å². The van der Waals surface area contributed by atoms with Crippen LogP contribution >= 0.6 is 0 Å². The van der Waals surface area contributed by atoms with Gasteiger partial charge < -0.3 is 20.1 Å². The van der Waals surface area contributed by atoms with Crippen molar-refractivity contribution in [3.05, 3.63) is 59.7 Å². The van der Waals surface area contributed by atoms with Gasteiger partial charge in [0.1, 0.15) is 6.61 Å². The molecule has 2 aliphatic rings. The summed E-state index contributed by atoms with van der Waals surface area (Å²) in [5, 5.41) is 12.1. The van der Waals surface area contributed by atoms with Crippen LogP contribution in [0.5, 0.6) is 0 Å². The molecule has 2 N–H and O–H groups in total. The summed E-state index contributed by atoms with van der Waals surface area (Å²) in [6.45, 7) is 4.79. The number of ether oxygens (including phenoxy) is 1. The van der Waals surface area contributed by atoms with E-state index in [4.69, 9.17) is 4.74 Å². The second kappa shape index (κ2) is 9.25. The van der Waals surface area contributed by atoms with Crippen LogP contribution in [0.3, 0.4) is 0 Å². The third-order valence-electron chi connectivity index (χ3n) is 6.80. The van der Waals surface area contributed by atoms with Gasteiger partial charge in [-0.05, 0) is 41.5 Å². The lowest BCUT2D eigenvalue weighted by Gasteiger charge is -2.22. The first-order chi connectivity index (χ1) is 15.8. The van der Waals surface area contributed by atoms with Gasteiger partial charge in [-0.15, -0.1) is 0 Å². The summed E-state index contributed by atoms with van der Waals surface area (Å²) in [6, 6.07) is 16.3. The molecule has 7 nitrogen and oxygen atoms in total. The van der Waals surface area contributed by atoms with Crippen LogP contribution in [0, 0.1) is 11.3 Å². The number of fused-ring (bicyclic) bond motifs is 3. The van der Waals surface area contributed by atoms with Gasteiger partial charge in [0.15, 0.2) is 0 Å². The number of carboxylic acids is 1. The van der Waals surface area contributed by atoms with Crippen LogP contribution < -0.4 is 5.32 Å². The smallest absolute Gasteiger partial charge is 0.407 e. The van der Waals surface area contributed by atoms with Gasteiger partial charge in [-0.3, -0.25) is 9.59 Å². The number of carbonyl (C=O) groups excluding carboxylic acids is 2. The lowest BCUT2D eigenvalue weighted by Crippen LogP contribution is -2.37. The lowest BCUT2D eigenvalue weighted by atomic mass is 9.90. The summed E-state index contributed by atoms with van der Waals surface area (Å²) < 4.78 is 5.54. The Labute approximate surface area is 193 Å². The maximum Gasteiger partial charge on any atom is 0.407 e. The predicted molar refractivity (Wildman–Crippen MR) is 124 cm³/mol. The fourth-order valence-electron chi connectivity index (χ4n) is 4.75. The highest BCUT2D eigenvalue weighted by Crippen LogP contribution is 2.44. The van der Waals surface area contributed by atoms with Crippen LogP contribution in [0.15, 0.2) is 48.5 Å². The van der Waals surface area contributed by atoms with Crippen molar-refractivity contribution in [2.24, 2.45) is 11.3 Å². The first-order valence-electron chi connectivity index (χ1n) is 11.4. The molecule has 2 atom stereocenters. The minimum Gasteiger partial charge on any atom is -0.481 e. The molecule has 1 saturated heterocycles. The van der Waals surface area contributed by atoms with E-state index in [0.717, 1.165) is 11.1 Å². The van der Waals surface area contributed by atoms with Gasteiger partial charge in [0.2, 0.25) is 5.91 Å². The first kappa shape index (κ1) is 22.8. The van der Waals surface area contributed by atoms with Gasteiger partial charge >= 0.3 is 12.1 Å². The summed E-state index contributed by atoms with van der Waals surface area (Å²) >= 11 is 0. The van der Waals surface area contributed by atoms with E-state index in [1.807, 2.05) is 31.2 Å². The van der Waals surface area contributed by atoms with Gasteiger partial charge in [0.05, 0.1) is 5.41 Å². The van der Waals surface area contributed by atoms with Crippen molar-refractivity contribution in [1.29, 1.82) is 0 Å². The zero-order chi connectivity index (χ0) is 23.6. The van der Waals surface area contributed by atoms with Crippen molar-refractivity contribution in [2.45, 2.75) is 32.6 Å². The minimum atomic E-state index is -0.877. The Morgan fingerprint density at radius 2 is 1.73 bits per heavy atom. The number of hydrogen-bond donors (Lipinski definition) is 2. The monoisotopic (exact) mass is 450 g/mol. The molecule has 1 aliphatic heterocycles. The quantitative estimate of drug-likeness (QED) is 0.668. The van der Waals surface area contributed by atoms with Crippen molar-refractivity contribution in [1.82, 2.24) is 10.2 Å². The Hall–Kier alpha value is -3.35. The maximum absolute atomic E-state index is 12.5. The number of carboxylic acid groups (broad SMARTS) is 1. The van der Waals surface area contributed by atoms with Crippen molar-refractivity contribution in [2.75, 3.05) is 26.2 Å². The molecular weight excluding hydrogens is 420 g/mol. The predicted octanol–water partition coefficient (Wildman–Crippen LogP) is 3.87. The van der Waals surface area contributed by atoms with Crippen LogP contribution in [0.2, 0.25) is 0 Å². The second-order valence-corrected chi connectivity index (χ2v) is 9.45. The van der Waals surface area contributed by atoms with Crippen LogP contribution in [0.1, 0.15) is 43.7 Å². The largest absolute Gasteiger partial charge is 0.481 e. The summed E-state index contributed by atoms with van der Waals surface area (Å²) in [5.41, 5.74) is 3.79. The third kappa shape index (κ3) is 4.72. The number of hydrogen-bond acceptors (Lipinski definition) is 4. The van der Waals surface area contributed by atoms with Crippen LogP contribution in [-0.4, -0.2) is 54.2 Å². The van der Waals surface area contributed by atoms with Gasteiger partial charge in [-0.2, -0.15) is 0 Å². The summed E-state index contributed by atoms with van der Waals surface area (Å²) in [5.74, 6) is -1.04. The first-order valence-corrected chi connectivity index (χ1v) is 11.4. The number of alkyl carbamates (subject to hydrolysis) is 1. The Kier molecular flexibility index (Phi) is 6.40. The number of nitrogens with zero attached hydrogens (tertiary/aromatic N) is 1. The highest BCUT2D eigenvalue weighted by Gasteiger charge is 2.42. The van der Waals surface area contributed by atoms with Crippen molar-refractivity contribution in [3.8, 4) is 11.1 Å². The summed E-state index contributed by atoms with van der Waals surface area (Å²) in [4.78, 5) is 37.9. The summed E-state index contributed by atoms with van der Waals surface area (Å²) in [6.07, 6.45) is 0.204. The third-order valence-corrected chi connectivity index (χ3v) is 6.80. The number of likely N-dealkylation sites (tertiary alicyclic amines) is 1. The Morgan fingerprint density at radius 3 is 2.30 bits per heavy atom. The summed E-state index contributed by atoms with van der Waals surface area (Å²) in [7, 11) is 0. The van der Waals surface area contributed by atoms with Crippen LogP contribution in [0.25, 0.3) is 11.1 Å². The van der Waals surface area contributed by atoms with Gasteiger partial charge in [-0.1, -0.05) is 55.5 Å². The molecule has 2 amide bonds. The molecule has 0 radical (unpaired) electrons. The van der Waals surface area contributed by atoms with E-state index in [1.165, 1.54) is 11.1 Å². The fourth-order valence-corrected chi connectivity index (χ4v) is 4.75. The number of amides is 2. The average molecular weight is 451 g/mol. The normalized spacial score (nSPS) is 20.1. The van der Waals surface area contributed by atoms with E-state index in [-0.39, 0.29) is 37.3 Å². The molecule has 2 aromatic rings. The lowest BCUT2D eigenvalue weighted by molar-refractivity contribution is -0.147. The SMILES string of the molecule is CC(CNC(=O)OCC1c2ccccc2-c2ccccc21)CC(=O)N1CCC(C)(C(=O)O)C1. The standard InChI is InChI=1S/C26H30N2O5/c1-17(13-23(29)28-12-11-26(2,16-28)24(30)31)14-27-25(32)33-15-22-20-9-5-3-7-18(20)19-8-4-6-10-21(19)22/h3-10,17,22H,11-16H2,1-2H3,(H,27,32)(H,30,31). The fraction of sp³-hybridized carbons (Fsp3) is 0.423. The number of nitrogens with one attached hydrogen (secondary N) is 1. The van der Waals surface area contributed by atoms with Crippen LogP contribution in [-0.2, 0) is 14.3 Å². The Balaban J connectivity index is 1.25. The van der Waals surface area contributed by atoms with Crippen LogP contribution in [0.4, 0.5) is 4.79 Å². The second-order valence-electron chi connectivity index (χ2n) is 9.45. The minimum absolute atomic E-state index is 0.000800. The molecule has 174 valence electrons. The molecule has 0 aromatic heterocycles. The van der Waals surface area contributed by atoms with Gasteiger partial charge in [0, 0.05) is 32.0 Å². The molecular formula is C26H30N2O5. The van der Waals surface area contributed by atoms with Crippen molar-refractivity contribution >= 4 is 18.0 Å². The van der Waals surface area contributed by atoms with E-state index >= 15 is 0 Å². The molecule has 4 rings (SSSR count). The number of carbonyl (C=O) groups is 3.